The molecule has 1 amide bonds. The number of likely N-dealkylation sites (tertiary alicyclic amines) is 2. The number of halogens is 2. The van der Waals surface area contributed by atoms with Crippen LogP contribution in [-0.4, -0.2) is 72.1 Å². The highest BCUT2D eigenvalue weighted by Crippen LogP contribution is 2.47. The Morgan fingerprint density at radius 1 is 1.21 bits per heavy atom. The first-order valence-corrected chi connectivity index (χ1v) is 15.2. The molecule has 1 aliphatic carbocycles. The Kier molecular flexibility index (Phi) is 8.34. The molecule has 0 radical (unpaired) electrons. The van der Waals surface area contributed by atoms with E-state index in [4.69, 9.17) is 16.3 Å². The first kappa shape index (κ1) is 28.8. The van der Waals surface area contributed by atoms with Gasteiger partial charge in [0.15, 0.2) is 0 Å². The molecule has 0 bridgehead atoms. The van der Waals surface area contributed by atoms with Crippen molar-refractivity contribution < 1.29 is 13.9 Å². The number of anilines is 3. The highest BCUT2D eigenvalue weighted by Gasteiger charge is 2.46. The molecule has 3 fully saturated rings. The lowest BCUT2D eigenvalue weighted by atomic mass is 9.63. The maximum atomic E-state index is 13.7. The molecule has 6 rings (SSSR count). The minimum Gasteiger partial charge on any atom is -0.491 e. The van der Waals surface area contributed by atoms with Gasteiger partial charge in [-0.25, -0.2) is 14.4 Å². The van der Waals surface area contributed by atoms with E-state index in [-0.39, 0.29) is 10.9 Å². The second kappa shape index (κ2) is 12.1. The van der Waals surface area contributed by atoms with E-state index in [0.717, 1.165) is 39.1 Å². The number of rotatable bonds is 10. The van der Waals surface area contributed by atoms with E-state index in [1.54, 1.807) is 12.1 Å². The van der Waals surface area contributed by atoms with Crippen LogP contribution in [0, 0.1) is 23.1 Å². The predicted molar refractivity (Wildman–Crippen MR) is 165 cm³/mol. The van der Waals surface area contributed by atoms with Crippen molar-refractivity contribution >= 4 is 45.6 Å². The number of benzene rings is 2. The van der Waals surface area contributed by atoms with Crippen LogP contribution in [-0.2, 0) is 4.79 Å². The van der Waals surface area contributed by atoms with Crippen molar-refractivity contribution in [3.63, 3.8) is 0 Å². The standard InChI is InChI=1S/C32H38ClFN6O2/c1-21-16-39(2)17-22(21)8-12-42-29-15-27-24(31(36-20-35-27)37-23-6-7-26(34)25(33)13-23)14-28(29)38-30(41)5-3-11-40-18-32(19-40)9-4-10-32/h3,5-7,13-15,20-22H,4,8-12,16-19H2,1-2H3,(H,38,41)(H,35,36,37)/b5-3+. The van der Waals surface area contributed by atoms with Crippen LogP contribution >= 0.6 is 11.6 Å². The lowest BCUT2D eigenvalue weighted by Gasteiger charge is -2.56. The lowest BCUT2D eigenvalue weighted by Crippen LogP contribution is -2.59. The quantitative estimate of drug-likeness (QED) is 0.275. The molecule has 222 valence electrons. The number of carbonyl (C=O) groups excluding carboxylic acids is 1. The van der Waals surface area contributed by atoms with Crippen LogP contribution in [0.4, 0.5) is 21.6 Å². The smallest absolute Gasteiger partial charge is 0.248 e. The lowest BCUT2D eigenvalue weighted by molar-refractivity contribution is -0.112. The zero-order chi connectivity index (χ0) is 29.3. The summed E-state index contributed by atoms with van der Waals surface area (Å²) in [7, 11) is 2.15. The molecule has 1 aromatic heterocycles. The Morgan fingerprint density at radius 2 is 2.05 bits per heavy atom. The molecule has 1 spiro atoms. The van der Waals surface area contributed by atoms with Gasteiger partial charge in [0.25, 0.3) is 0 Å². The minimum atomic E-state index is -0.495. The van der Waals surface area contributed by atoms with Gasteiger partial charge in [-0.05, 0) is 67.8 Å². The fourth-order valence-electron chi connectivity index (χ4n) is 6.61. The monoisotopic (exact) mass is 592 g/mol. The summed E-state index contributed by atoms with van der Waals surface area (Å²) in [4.78, 5) is 26.6. The van der Waals surface area contributed by atoms with Gasteiger partial charge in [0, 0.05) is 55.9 Å². The molecule has 2 unspecified atom stereocenters. The van der Waals surface area contributed by atoms with E-state index >= 15 is 0 Å². The first-order valence-electron chi connectivity index (χ1n) is 14.8. The van der Waals surface area contributed by atoms with Crippen molar-refractivity contribution in [1.82, 2.24) is 19.8 Å². The van der Waals surface area contributed by atoms with E-state index in [0.29, 0.717) is 57.7 Å². The third-order valence-corrected chi connectivity index (χ3v) is 9.33. The van der Waals surface area contributed by atoms with Gasteiger partial charge in [0.05, 0.1) is 22.8 Å². The van der Waals surface area contributed by atoms with E-state index in [1.165, 1.54) is 37.7 Å². The van der Waals surface area contributed by atoms with Gasteiger partial charge in [-0.2, -0.15) is 0 Å². The summed E-state index contributed by atoms with van der Waals surface area (Å²) in [6.45, 7) is 8.01. The summed E-state index contributed by atoms with van der Waals surface area (Å²) in [5, 5.41) is 6.92. The number of hydrogen-bond donors (Lipinski definition) is 2. The summed E-state index contributed by atoms with van der Waals surface area (Å²) < 4.78 is 20.0. The summed E-state index contributed by atoms with van der Waals surface area (Å²) in [5.41, 5.74) is 2.34. The van der Waals surface area contributed by atoms with Gasteiger partial charge in [0.1, 0.15) is 23.7 Å². The number of carbonyl (C=O) groups is 1. The van der Waals surface area contributed by atoms with Gasteiger partial charge < -0.3 is 20.3 Å². The molecule has 10 heteroatoms. The first-order chi connectivity index (χ1) is 20.3. The van der Waals surface area contributed by atoms with Crippen LogP contribution in [0.1, 0.15) is 32.6 Å². The van der Waals surface area contributed by atoms with Gasteiger partial charge in [-0.15, -0.1) is 0 Å². The Labute approximate surface area is 251 Å². The normalized spacial score (nSPS) is 21.9. The summed E-state index contributed by atoms with van der Waals surface area (Å²) in [5.74, 6) is 1.54. The SMILES string of the molecule is CC1CN(C)CC1CCOc1cc2ncnc(Nc3ccc(F)c(Cl)c3)c2cc1NC(=O)/C=C/CN1CC2(CCC2)C1. The molecule has 3 heterocycles. The van der Waals surface area contributed by atoms with Crippen LogP contribution in [0.15, 0.2) is 48.8 Å². The number of fused-ring (bicyclic) bond motifs is 1. The van der Waals surface area contributed by atoms with Crippen LogP contribution < -0.4 is 15.4 Å². The third kappa shape index (κ3) is 6.38. The molecule has 42 heavy (non-hydrogen) atoms. The van der Waals surface area contributed by atoms with E-state index in [1.807, 2.05) is 18.2 Å². The maximum Gasteiger partial charge on any atom is 0.248 e. The molecule has 3 aromatic rings. The molecule has 2 aromatic carbocycles. The van der Waals surface area contributed by atoms with Crippen molar-refractivity contribution in [1.29, 1.82) is 0 Å². The number of amides is 1. The second-order valence-corrected chi connectivity index (χ2v) is 12.8. The second-order valence-electron chi connectivity index (χ2n) is 12.4. The molecule has 2 aliphatic heterocycles. The van der Waals surface area contributed by atoms with Crippen molar-refractivity contribution in [3.05, 3.63) is 59.7 Å². The maximum absolute atomic E-state index is 13.7. The van der Waals surface area contributed by atoms with Crippen LogP contribution in [0.2, 0.25) is 5.02 Å². The number of ether oxygens (including phenoxy) is 1. The van der Waals surface area contributed by atoms with Gasteiger partial charge >= 0.3 is 0 Å². The van der Waals surface area contributed by atoms with E-state index < -0.39 is 5.82 Å². The third-order valence-electron chi connectivity index (χ3n) is 9.04. The number of aromatic nitrogens is 2. The number of hydrogen-bond acceptors (Lipinski definition) is 7. The van der Waals surface area contributed by atoms with Gasteiger partial charge in [0.2, 0.25) is 5.91 Å². The molecule has 3 aliphatic rings. The fraction of sp³-hybridized carbons (Fsp3) is 0.469. The van der Waals surface area contributed by atoms with E-state index in [9.17, 15) is 9.18 Å². The molecular weight excluding hydrogens is 555 g/mol. The Bertz CT molecular complexity index is 1490. The molecular formula is C32H38ClFN6O2. The average molecular weight is 593 g/mol. The molecule has 1 saturated carbocycles. The highest BCUT2D eigenvalue weighted by atomic mass is 35.5. The summed E-state index contributed by atoms with van der Waals surface area (Å²) in [6.07, 6.45) is 9.92. The van der Waals surface area contributed by atoms with Crippen molar-refractivity contribution in [2.24, 2.45) is 17.3 Å². The van der Waals surface area contributed by atoms with Gasteiger partial charge in [-0.3, -0.25) is 9.69 Å². The summed E-state index contributed by atoms with van der Waals surface area (Å²) in [6, 6.07) is 8.05. The minimum absolute atomic E-state index is 0.0117. The van der Waals surface area contributed by atoms with Gasteiger partial charge in [-0.1, -0.05) is 31.0 Å². The zero-order valence-electron chi connectivity index (χ0n) is 24.2. The highest BCUT2D eigenvalue weighted by molar-refractivity contribution is 6.31. The predicted octanol–water partition coefficient (Wildman–Crippen LogP) is 6.11. The van der Waals surface area contributed by atoms with Crippen LogP contribution in [0.3, 0.4) is 0 Å². The molecule has 2 saturated heterocycles. The number of nitrogens with zero attached hydrogens (tertiary/aromatic N) is 4. The van der Waals surface area contributed by atoms with Crippen molar-refractivity contribution in [2.75, 3.05) is 57.0 Å². The summed E-state index contributed by atoms with van der Waals surface area (Å²) >= 11 is 5.99. The van der Waals surface area contributed by atoms with Crippen LogP contribution in [0.25, 0.3) is 10.9 Å². The Morgan fingerprint density at radius 3 is 2.76 bits per heavy atom. The number of nitrogens with one attached hydrogen (secondary N) is 2. The largest absolute Gasteiger partial charge is 0.491 e. The Hall–Kier alpha value is -3.27. The topological polar surface area (TPSA) is 82.6 Å². The fourth-order valence-corrected chi connectivity index (χ4v) is 6.79. The molecule has 2 N–H and O–H groups in total. The van der Waals surface area contributed by atoms with E-state index in [2.05, 4.69) is 44.4 Å². The van der Waals surface area contributed by atoms with Crippen molar-refractivity contribution in [2.45, 2.75) is 32.6 Å². The van der Waals surface area contributed by atoms with Crippen molar-refractivity contribution in [3.8, 4) is 5.75 Å². The van der Waals surface area contributed by atoms with Crippen LogP contribution in [0.5, 0.6) is 5.75 Å². The molecule has 2 atom stereocenters. The molecule has 8 nitrogen and oxygen atoms in total. The zero-order valence-corrected chi connectivity index (χ0v) is 25.0. The average Bonchev–Trinajstić information content (AvgIpc) is 3.23. The Balaban J connectivity index is 1.20.